The van der Waals surface area contributed by atoms with E-state index in [2.05, 4.69) is 0 Å². The molecule has 0 N–H and O–H groups in total. The summed E-state index contributed by atoms with van der Waals surface area (Å²) < 4.78 is 33.2. The molecule has 0 aliphatic carbocycles. The number of ether oxygens (including phenoxy) is 1. The average molecular weight is 439 g/mol. The molecule has 4 rings (SSSR count). The van der Waals surface area contributed by atoms with Crippen molar-refractivity contribution in [3.63, 3.8) is 0 Å². The summed E-state index contributed by atoms with van der Waals surface area (Å²) in [4.78, 5) is 14.8. The molecule has 162 valence electrons. The van der Waals surface area contributed by atoms with Crippen LogP contribution in [0.3, 0.4) is 0 Å². The van der Waals surface area contributed by atoms with Crippen LogP contribution in [0.25, 0.3) is 10.8 Å². The first-order valence-corrected chi connectivity index (χ1v) is 11.9. The first-order chi connectivity index (χ1) is 15.0. The van der Waals surface area contributed by atoms with Crippen LogP contribution in [0, 0.1) is 0 Å². The Kier molecular flexibility index (Phi) is 6.25. The highest BCUT2D eigenvalue weighted by Crippen LogP contribution is 2.23. The Hall–Kier alpha value is -2.90. The predicted molar refractivity (Wildman–Crippen MR) is 121 cm³/mol. The highest BCUT2D eigenvalue weighted by Gasteiger charge is 2.30. The van der Waals surface area contributed by atoms with Gasteiger partial charge in [0, 0.05) is 31.7 Å². The van der Waals surface area contributed by atoms with E-state index in [9.17, 15) is 13.2 Å². The van der Waals surface area contributed by atoms with Crippen LogP contribution in [0.4, 0.5) is 0 Å². The first kappa shape index (κ1) is 21.3. The monoisotopic (exact) mass is 438 g/mol. The van der Waals surface area contributed by atoms with Gasteiger partial charge in [-0.15, -0.1) is 0 Å². The van der Waals surface area contributed by atoms with Crippen molar-refractivity contribution in [2.45, 2.75) is 18.2 Å². The SMILES string of the molecule is CCCOc1ccc(C(=O)N2CCN(S(=O)(=O)c3ccc4ccccc4c3)CC2)cc1. The predicted octanol–water partition coefficient (Wildman–Crippen LogP) is 3.78. The van der Waals surface area contributed by atoms with Gasteiger partial charge in [-0.05, 0) is 53.6 Å². The molecule has 7 heteroatoms. The van der Waals surface area contributed by atoms with E-state index in [4.69, 9.17) is 4.74 Å². The maximum atomic E-state index is 13.1. The fourth-order valence-corrected chi connectivity index (χ4v) is 5.16. The molecule has 0 spiro atoms. The molecule has 31 heavy (non-hydrogen) atoms. The molecule has 3 aromatic rings. The third-order valence-electron chi connectivity index (χ3n) is 5.46. The number of hydrogen-bond acceptors (Lipinski definition) is 4. The number of piperazine rings is 1. The second-order valence-corrected chi connectivity index (χ2v) is 9.52. The summed E-state index contributed by atoms with van der Waals surface area (Å²) in [5, 5.41) is 1.90. The highest BCUT2D eigenvalue weighted by atomic mass is 32.2. The first-order valence-electron chi connectivity index (χ1n) is 10.5. The summed E-state index contributed by atoms with van der Waals surface area (Å²) in [6.07, 6.45) is 0.924. The number of sulfonamides is 1. The number of carbonyl (C=O) groups excluding carboxylic acids is 1. The molecule has 0 radical (unpaired) electrons. The van der Waals surface area contributed by atoms with E-state index in [0.29, 0.717) is 25.3 Å². The standard InChI is InChI=1S/C24H26N2O4S/c1-2-17-30-22-10-7-20(8-11-22)24(27)25-13-15-26(16-14-25)31(28,29)23-12-9-19-5-3-4-6-21(19)18-23/h3-12,18H,2,13-17H2,1H3. The molecule has 0 saturated carbocycles. The van der Waals surface area contributed by atoms with E-state index in [1.807, 2.05) is 37.3 Å². The molecular formula is C24H26N2O4S. The number of amides is 1. The van der Waals surface area contributed by atoms with E-state index in [0.717, 1.165) is 22.9 Å². The number of rotatable bonds is 6. The summed E-state index contributed by atoms with van der Waals surface area (Å²) in [5.74, 6) is 0.648. The van der Waals surface area contributed by atoms with Gasteiger partial charge in [0.2, 0.25) is 10.0 Å². The molecule has 1 fully saturated rings. The average Bonchev–Trinajstić information content (AvgIpc) is 2.82. The molecular weight excluding hydrogens is 412 g/mol. The van der Waals surface area contributed by atoms with Gasteiger partial charge in [0.25, 0.3) is 5.91 Å². The maximum absolute atomic E-state index is 13.1. The molecule has 6 nitrogen and oxygen atoms in total. The Morgan fingerprint density at radius 2 is 1.58 bits per heavy atom. The van der Waals surface area contributed by atoms with Crippen molar-refractivity contribution < 1.29 is 17.9 Å². The van der Waals surface area contributed by atoms with Gasteiger partial charge in [-0.1, -0.05) is 37.3 Å². The van der Waals surface area contributed by atoms with E-state index in [1.165, 1.54) is 4.31 Å². The maximum Gasteiger partial charge on any atom is 0.253 e. The Morgan fingerprint density at radius 1 is 0.903 bits per heavy atom. The zero-order valence-corrected chi connectivity index (χ0v) is 18.3. The van der Waals surface area contributed by atoms with Gasteiger partial charge in [0.1, 0.15) is 5.75 Å². The van der Waals surface area contributed by atoms with Gasteiger partial charge in [-0.2, -0.15) is 4.31 Å². The number of fused-ring (bicyclic) bond motifs is 1. The Morgan fingerprint density at radius 3 is 2.26 bits per heavy atom. The molecule has 1 saturated heterocycles. The molecule has 0 bridgehead atoms. The molecule has 0 atom stereocenters. The molecule has 0 aromatic heterocycles. The number of benzene rings is 3. The Bertz CT molecular complexity index is 1170. The minimum Gasteiger partial charge on any atom is -0.494 e. The summed E-state index contributed by atoms with van der Waals surface area (Å²) in [7, 11) is -3.60. The fraction of sp³-hybridized carbons (Fsp3) is 0.292. The van der Waals surface area contributed by atoms with Crippen molar-refractivity contribution in [2.24, 2.45) is 0 Å². The lowest BCUT2D eigenvalue weighted by atomic mass is 10.1. The largest absolute Gasteiger partial charge is 0.494 e. The minimum absolute atomic E-state index is 0.0928. The fourth-order valence-electron chi connectivity index (χ4n) is 3.70. The summed E-state index contributed by atoms with van der Waals surface area (Å²) in [5.41, 5.74) is 0.578. The van der Waals surface area contributed by atoms with Gasteiger partial charge in [-0.3, -0.25) is 4.79 Å². The third kappa shape index (κ3) is 4.57. The normalized spacial score (nSPS) is 15.2. The lowest BCUT2D eigenvalue weighted by Crippen LogP contribution is -2.50. The van der Waals surface area contributed by atoms with E-state index < -0.39 is 10.0 Å². The number of hydrogen-bond donors (Lipinski definition) is 0. The van der Waals surface area contributed by atoms with E-state index in [1.54, 1.807) is 41.3 Å². The summed E-state index contributed by atoms with van der Waals surface area (Å²) in [6, 6.07) is 20.0. The van der Waals surface area contributed by atoms with Crippen LogP contribution >= 0.6 is 0 Å². The number of nitrogens with zero attached hydrogens (tertiary/aromatic N) is 2. The van der Waals surface area contributed by atoms with Crippen molar-refractivity contribution in [1.29, 1.82) is 0 Å². The lowest BCUT2D eigenvalue weighted by Gasteiger charge is -2.34. The van der Waals surface area contributed by atoms with Crippen LogP contribution in [0.5, 0.6) is 5.75 Å². The van der Waals surface area contributed by atoms with Crippen molar-refractivity contribution in [3.8, 4) is 5.75 Å². The second kappa shape index (κ2) is 9.08. The van der Waals surface area contributed by atoms with Crippen LogP contribution < -0.4 is 4.74 Å². The lowest BCUT2D eigenvalue weighted by molar-refractivity contribution is 0.0698. The van der Waals surface area contributed by atoms with Crippen molar-refractivity contribution in [1.82, 2.24) is 9.21 Å². The van der Waals surface area contributed by atoms with Crippen LogP contribution in [-0.2, 0) is 10.0 Å². The zero-order chi connectivity index (χ0) is 21.8. The Labute approximate surface area is 183 Å². The Balaban J connectivity index is 1.41. The molecule has 1 aliphatic heterocycles. The van der Waals surface area contributed by atoms with Gasteiger partial charge >= 0.3 is 0 Å². The van der Waals surface area contributed by atoms with E-state index in [-0.39, 0.29) is 23.9 Å². The topological polar surface area (TPSA) is 66.9 Å². The quantitative estimate of drug-likeness (QED) is 0.588. The second-order valence-electron chi connectivity index (χ2n) is 7.58. The van der Waals surface area contributed by atoms with Crippen molar-refractivity contribution >= 4 is 26.7 Å². The molecule has 1 heterocycles. The highest BCUT2D eigenvalue weighted by molar-refractivity contribution is 7.89. The minimum atomic E-state index is -3.60. The smallest absolute Gasteiger partial charge is 0.253 e. The summed E-state index contributed by atoms with van der Waals surface area (Å²) in [6.45, 7) is 3.95. The van der Waals surface area contributed by atoms with Gasteiger partial charge in [0.05, 0.1) is 11.5 Å². The third-order valence-corrected chi connectivity index (χ3v) is 7.35. The van der Waals surface area contributed by atoms with Crippen LogP contribution in [0.15, 0.2) is 71.6 Å². The zero-order valence-electron chi connectivity index (χ0n) is 17.5. The van der Waals surface area contributed by atoms with Crippen LogP contribution in [0.2, 0.25) is 0 Å². The number of carbonyl (C=O) groups is 1. The van der Waals surface area contributed by atoms with E-state index >= 15 is 0 Å². The summed E-state index contributed by atoms with van der Waals surface area (Å²) >= 11 is 0. The van der Waals surface area contributed by atoms with Gasteiger partial charge < -0.3 is 9.64 Å². The van der Waals surface area contributed by atoms with Crippen molar-refractivity contribution in [2.75, 3.05) is 32.8 Å². The van der Waals surface area contributed by atoms with Crippen LogP contribution in [0.1, 0.15) is 23.7 Å². The van der Waals surface area contributed by atoms with Crippen LogP contribution in [-0.4, -0.2) is 56.3 Å². The molecule has 1 amide bonds. The van der Waals surface area contributed by atoms with Gasteiger partial charge in [-0.25, -0.2) is 8.42 Å². The molecule has 0 unspecified atom stereocenters. The van der Waals surface area contributed by atoms with Gasteiger partial charge in [0.15, 0.2) is 0 Å². The molecule has 3 aromatic carbocycles. The molecule has 1 aliphatic rings. The van der Waals surface area contributed by atoms with Crippen molar-refractivity contribution in [3.05, 3.63) is 72.3 Å².